The minimum Gasteiger partial charge on any atom is -0.477 e. The van der Waals surface area contributed by atoms with Crippen LogP contribution in [-0.4, -0.2) is 244 Å². The van der Waals surface area contributed by atoms with Crippen molar-refractivity contribution in [2.24, 2.45) is 0 Å². The maximum Gasteiger partial charge on any atom is 0.364 e. The van der Waals surface area contributed by atoms with E-state index in [9.17, 15) is 85.9 Å². The summed E-state index contributed by atoms with van der Waals surface area (Å²) in [5.74, 6) is -6.76. The molecule has 4 fully saturated rings. The number of aliphatic hydroxyl groups is 13. The van der Waals surface area contributed by atoms with Gasteiger partial charge in [-0.25, -0.2) is 4.79 Å². The molecule has 0 aromatic carbocycles. The Kier molecular flexibility index (Phi) is 16.4. The summed E-state index contributed by atoms with van der Waals surface area (Å²) in [6.07, 6.45) is -36.6. The maximum atomic E-state index is 12.7. The van der Waals surface area contributed by atoms with Crippen molar-refractivity contribution in [1.29, 1.82) is 0 Å². The van der Waals surface area contributed by atoms with Gasteiger partial charge < -0.3 is 115 Å². The first-order valence-corrected chi connectivity index (χ1v) is 17.7. The van der Waals surface area contributed by atoms with E-state index in [1.165, 1.54) is 0 Å². The van der Waals surface area contributed by atoms with Crippen molar-refractivity contribution in [2.75, 3.05) is 26.4 Å². The number of hydrogen-bond acceptors (Lipinski definition) is 23. The normalized spacial score (nSPS) is 45.1. The number of aliphatic carboxylic acids is 1. The summed E-state index contributed by atoms with van der Waals surface area (Å²) in [6.45, 7) is -1.94. The van der Waals surface area contributed by atoms with E-state index in [0.717, 1.165) is 13.8 Å². The van der Waals surface area contributed by atoms with Crippen LogP contribution in [0, 0.1) is 0 Å². The Bertz CT molecular complexity index is 1350. The van der Waals surface area contributed by atoms with Crippen LogP contribution in [0.1, 0.15) is 20.3 Å². The fourth-order valence-electron chi connectivity index (χ4n) is 7.02. The summed E-state index contributed by atoms with van der Waals surface area (Å²) >= 11 is 0. The Labute approximate surface area is 322 Å². The molecule has 21 atom stereocenters. The molecule has 0 aromatic heterocycles. The van der Waals surface area contributed by atoms with E-state index in [0.29, 0.717) is 0 Å². The standard InChI is InChI=1S/C31H52N2O24/c1-8(38)32-15-23(19(44)12(5-35)51-27(15)48)54-28-16(33-9(2)39)24(20(45)13(6-36)52-28)55-29-22(47)26(21(46)14(7-37)53-29)57-31(30(49)50)3-10(40)17(42)25(56-31)18(43)11(41)4-34/h10-29,34-37,40-48H,3-7H2,1-2H3,(H,32,38)(H,33,39)(H,49,50)/t10-,11+,12+,13+,14+,15+,16+,17+,18+,19-,20-,21-,22+,23+,24+,25+,26-,27-,28+,29-,31-/m0/s1. The molecule has 16 N–H and O–H groups in total. The highest BCUT2D eigenvalue weighted by Gasteiger charge is 2.60. The predicted molar refractivity (Wildman–Crippen MR) is 174 cm³/mol. The smallest absolute Gasteiger partial charge is 0.364 e. The van der Waals surface area contributed by atoms with E-state index >= 15 is 0 Å². The SMILES string of the molecule is CC(=O)N[C@@H]1[C@@H](O[C@H]2O[C@H](CO)[C@H](O)[C@H](O[C@@H]3O[C@H](CO)[C@H](O)[C@H](O[C@]4(C(=O)O)C[C@H](O)[C@@H](O)[C@H]([C@H](O)[C@H](O)CO)O4)[C@H]3O)[C@H]2NC(C)=O)[C@@H](O)[C@@H](CO)O[C@@H]1O. The average molecular weight is 837 g/mol. The number of carboxylic acid groups (broad SMARTS) is 1. The summed E-state index contributed by atoms with van der Waals surface area (Å²) in [7, 11) is 0. The van der Waals surface area contributed by atoms with E-state index in [4.69, 9.17) is 33.2 Å². The highest BCUT2D eigenvalue weighted by molar-refractivity contribution is 5.76. The molecule has 330 valence electrons. The fraction of sp³-hybridized carbons (Fsp3) is 0.903. The first-order valence-electron chi connectivity index (χ1n) is 17.7. The number of ether oxygens (including phenoxy) is 7. The highest BCUT2D eigenvalue weighted by atomic mass is 16.8. The van der Waals surface area contributed by atoms with Crippen molar-refractivity contribution in [3.8, 4) is 0 Å². The fourth-order valence-corrected chi connectivity index (χ4v) is 7.02. The summed E-state index contributed by atoms with van der Waals surface area (Å²) in [5.41, 5.74) is 0. The van der Waals surface area contributed by atoms with Crippen molar-refractivity contribution in [3.05, 3.63) is 0 Å². The molecule has 2 amide bonds. The van der Waals surface area contributed by atoms with E-state index in [2.05, 4.69) is 10.6 Å². The molecule has 26 heteroatoms. The van der Waals surface area contributed by atoms with Crippen molar-refractivity contribution in [2.45, 2.75) is 149 Å². The Morgan fingerprint density at radius 1 is 0.684 bits per heavy atom. The lowest BCUT2D eigenvalue weighted by molar-refractivity contribution is -0.388. The Balaban J connectivity index is 1.69. The van der Waals surface area contributed by atoms with E-state index < -0.39 is 179 Å². The molecule has 0 radical (unpaired) electrons. The van der Waals surface area contributed by atoms with Crippen molar-refractivity contribution >= 4 is 17.8 Å². The molecule has 4 heterocycles. The van der Waals surface area contributed by atoms with E-state index in [1.54, 1.807) is 0 Å². The van der Waals surface area contributed by atoms with Gasteiger partial charge in [0.15, 0.2) is 18.9 Å². The number of amides is 2. The molecule has 4 aliphatic heterocycles. The molecule has 0 unspecified atom stereocenters. The van der Waals surface area contributed by atoms with Crippen LogP contribution in [0.15, 0.2) is 0 Å². The van der Waals surface area contributed by atoms with Crippen LogP contribution in [0.2, 0.25) is 0 Å². The van der Waals surface area contributed by atoms with Gasteiger partial charge in [0.25, 0.3) is 5.79 Å². The predicted octanol–water partition coefficient (Wildman–Crippen LogP) is -10.3. The minimum absolute atomic E-state index is 0.733. The average Bonchev–Trinajstić information content (AvgIpc) is 3.16. The zero-order valence-electron chi connectivity index (χ0n) is 30.4. The van der Waals surface area contributed by atoms with Crippen molar-refractivity contribution in [3.63, 3.8) is 0 Å². The van der Waals surface area contributed by atoms with Gasteiger partial charge in [0, 0.05) is 20.3 Å². The molecule has 26 nitrogen and oxygen atoms in total. The third-order valence-corrected chi connectivity index (χ3v) is 9.98. The second-order valence-electron chi connectivity index (χ2n) is 14.0. The molecule has 4 saturated heterocycles. The molecule has 0 aromatic rings. The van der Waals surface area contributed by atoms with Crippen LogP contribution >= 0.6 is 0 Å². The molecule has 0 spiro atoms. The molecule has 0 aliphatic carbocycles. The van der Waals surface area contributed by atoms with Gasteiger partial charge in [0.2, 0.25) is 11.8 Å². The van der Waals surface area contributed by atoms with Gasteiger partial charge in [-0.3, -0.25) is 9.59 Å². The van der Waals surface area contributed by atoms with Gasteiger partial charge in [0.1, 0.15) is 97.5 Å². The van der Waals surface area contributed by atoms with Gasteiger partial charge in [-0.05, 0) is 0 Å². The number of rotatable bonds is 15. The largest absolute Gasteiger partial charge is 0.477 e. The zero-order valence-corrected chi connectivity index (χ0v) is 30.4. The topological polar surface area (TPSA) is 423 Å². The van der Waals surface area contributed by atoms with Gasteiger partial charge >= 0.3 is 5.97 Å². The molecular weight excluding hydrogens is 784 g/mol. The number of carboxylic acids is 1. The lowest BCUT2D eigenvalue weighted by Gasteiger charge is -2.51. The quantitative estimate of drug-likeness (QED) is 0.0728. The second kappa shape index (κ2) is 19.8. The van der Waals surface area contributed by atoms with Gasteiger partial charge in [0.05, 0.1) is 32.5 Å². The highest BCUT2D eigenvalue weighted by Crippen LogP contribution is 2.38. The number of nitrogens with one attached hydrogen (secondary N) is 2. The van der Waals surface area contributed by atoms with Gasteiger partial charge in [-0.1, -0.05) is 0 Å². The monoisotopic (exact) mass is 836 g/mol. The lowest BCUT2D eigenvalue weighted by atomic mass is 9.90. The Morgan fingerprint density at radius 3 is 1.67 bits per heavy atom. The first-order chi connectivity index (χ1) is 26.7. The number of aliphatic hydroxyl groups excluding tert-OH is 13. The molecule has 57 heavy (non-hydrogen) atoms. The summed E-state index contributed by atoms with van der Waals surface area (Å²) < 4.78 is 39.2. The number of carbonyl (C=O) groups excluding carboxylic acids is 2. The Morgan fingerprint density at radius 2 is 1.16 bits per heavy atom. The minimum atomic E-state index is -3.14. The number of carbonyl (C=O) groups is 3. The van der Waals surface area contributed by atoms with Gasteiger partial charge in [-0.2, -0.15) is 0 Å². The second-order valence-corrected chi connectivity index (χ2v) is 14.0. The molecule has 0 bridgehead atoms. The molecule has 4 aliphatic rings. The van der Waals surface area contributed by atoms with Crippen LogP contribution in [0.3, 0.4) is 0 Å². The molecule has 0 saturated carbocycles. The summed E-state index contributed by atoms with van der Waals surface area (Å²) in [4.78, 5) is 37.2. The van der Waals surface area contributed by atoms with Crippen LogP contribution in [0.5, 0.6) is 0 Å². The van der Waals surface area contributed by atoms with E-state index in [-0.39, 0.29) is 0 Å². The van der Waals surface area contributed by atoms with Crippen molar-refractivity contribution in [1.82, 2.24) is 10.6 Å². The summed E-state index contributed by atoms with van der Waals surface area (Å²) in [6, 6.07) is -3.28. The lowest BCUT2D eigenvalue weighted by Crippen LogP contribution is -2.71. The van der Waals surface area contributed by atoms with Crippen LogP contribution in [-0.2, 0) is 47.5 Å². The van der Waals surface area contributed by atoms with Crippen LogP contribution in [0.25, 0.3) is 0 Å². The first kappa shape index (κ1) is 47.3. The third kappa shape index (κ3) is 10.2. The van der Waals surface area contributed by atoms with Crippen LogP contribution in [0.4, 0.5) is 0 Å². The summed E-state index contributed by atoms with van der Waals surface area (Å²) in [5, 5.41) is 151. The molecule has 4 rings (SSSR count). The van der Waals surface area contributed by atoms with Crippen LogP contribution < -0.4 is 10.6 Å². The zero-order chi connectivity index (χ0) is 42.7. The third-order valence-electron chi connectivity index (χ3n) is 9.98. The van der Waals surface area contributed by atoms with Crippen molar-refractivity contribution < 1.29 is 119 Å². The Hall–Kier alpha value is -2.39. The maximum absolute atomic E-state index is 12.7. The van der Waals surface area contributed by atoms with Gasteiger partial charge in [-0.15, -0.1) is 0 Å². The molecular formula is C31H52N2O24. The number of hydrogen-bond donors (Lipinski definition) is 16. The van der Waals surface area contributed by atoms with E-state index in [1.807, 2.05) is 0 Å².